The van der Waals surface area contributed by atoms with Gasteiger partial charge in [-0.25, -0.2) is 0 Å². The molecule has 0 fully saturated rings. The molecule has 0 unspecified atom stereocenters. The second-order valence-electron chi connectivity index (χ2n) is 5.61. The Morgan fingerprint density at radius 2 is 2.12 bits per heavy atom. The Kier molecular flexibility index (Phi) is 8.58. The fourth-order valence-electron chi connectivity index (χ4n) is 2.32. The second kappa shape index (κ2) is 10.7. The molecule has 2 nitrogen and oxygen atoms in total. The van der Waals surface area contributed by atoms with Crippen molar-refractivity contribution in [2.75, 3.05) is 0 Å². The molecule has 0 radical (unpaired) electrons. The molecule has 0 spiro atoms. The quantitative estimate of drug-likeness (QED) is 0.388. The molecule has 0 saturated heterocycles. The van der Waals surface area contributed by atoms with Gasteiger partial charge in [0.15, 0.2) is 0 Å². The Morgan fingerprint density at radius 1 is 1.36 bits per heavy atom. The van der Waals surface area contributed by atoms with E-state index in [1.807, 2.05) is 50.3 Å². The van der Waals surface area contributed by atoms with Crippen molar-refractivity contribution in [3.63, 3.8) is 0 Å². The molecular weight excluding hydrogens is 304 g/mol. The topological polar surface area (TPSA) is 27.0 Å². The molecule has 0 heterocycles. The third-order valence-electron chi connectivity index (χ3n) is 3.79. The Hall–Kier alpha value is -3.01. The van der Waals surface area contributed by atoms with Gasteiger partial charge in [-0.15, -0.1) is 5.73 Å². The van der Waals surface area contributed by atoms with Crippen LogP contribution in [0.1, 0.15) is 33.6 Å². The second-order valence-corrected chi connectivity index (χ2v) is 5.61. The predicted octanol–water partition coefficient (Wildman–Crippen LogP) is 6.25. The van der Waals surface area contributed by atoms with Crippen LogP contribution >= 0.6 is 0 Å². The molecule has 0 amide bonds. The van der Waals surface area contributed by atoms with Crippen LogP contribution in [0.2, 0.25) is 0 Å². The molecular formula is C23H26N2. The molecule has 0 aromatic carbocycles. The standard InChI is InChI=1S/C23H26N2/c1-6-8-14-22(13-7-2)21(5)25(20(4)19(3)17-18-24)23-15-11-9-10-12-16-23/h7-11,13-16H,2,5-6,17H2,1,3-4H3/b14-8-,20-19+,22-13+. The van der Waals surface area contributed by atoms with Gasteiger partial charge in [0.25, 0.3) is 0 Å². The van der Waals surface area contributed by atoms with Gasteiger partial charge in [-0.2, -0.15) is 5.26 Å². The van der Waals surface area contributed by atoms with Gasteiger partial charge in [0.1, 0.15) is 0 Å². The molecule has 2 heteroatoms. The molecule has 128 valence electrons. The van der Waals surface area contributed by atoms with E-state index in [9.17, 15) is 0 Å². The van der Waals surface area contributed by atoms with Gasteiger partial charge >= 0.3 is 0 Å². The fraction of sp³-hybridized carbons (Fsp3) is 0.217. The average Bonchev–Trinajstić information content (AvgIpc) is 2.88. The van der Waals surface area contributed by atoms with E-state index < -0.39 is 0 Å². The van der Waals surface area contributed by atoms with E-state index in [0.717, 1.165) is 34.7 Å². The van der Waals surface area contributed by atoms with Crippen LogP contribution in [0.4, 0.5) is 0 Å². The number of nitrogens with zero attached hydrogens (tertiary/aromatic N) is 2. The smallest absolute Gasteiger partial charge is 0.0666 e. The summed E-state index contributed by atoms with van der Waals surface area (Å²) in [4.78, 5) is 2.07. The van der Waals surface area contributed by atoms with Gasteiger partial charge < -0.3 is 4.90 Å². The van der Waals surface area contributed by atoms with E-state index in [2.05, 4.69) is 48.9 Å². The van der Waals surface area contributed by atoms with Crippen LogP contribution < -0.4 is 0 Å². The highest BCUT2D eigenvalue weighted by Crippen LogP contribution is 2.29. The normalized spacial score (nSPS) is 14.6. The summed E-state index contributed by atoms with van der Waals surface area (Å²) in [5.41, 5.74) is 7.90. The third kappa shape index (κ3) is 5.84. The van der Waals surface area contributed by atoms with Crippen LogP contribution in [-0.2, 0) is 0 Å². The molecule has 1 aliphatic rings. The maximum absolute atomic E-state index is 9.06. The van der Waals surface area contributed by atoms with Crippen molar-refractivity contribution in [2.24, 2.45) is 0 Å². The molecule has 0 bridgehead atoms. The van der Waals surface area contributed by atoms with E-state index in [4.69, 9.17) is 5.26 Å². The molecule has 1 rings (SSSR count). The van der Waals surface area contributed by atoms with E-state index in [1.165, 1.54) is 0 Å². The summed E-state index contributed by atoms with van der Waals surface area (Å²) in [6.45, 7) is 14.2. The van der Waals surface area contributed by atoms with Gasteiger partial charge in [0.05, 0.1) is 18.2 Å². The van der Waals surface area contributed by atoms with Gasteiger partial charge in [-0.05, 0) is 43.6 Å². The predicted molar refractivity (Wildman–Crippen MR) is 107 cm³/mol. The molecule has 0 aromatic rings. The number of hydrogen-bond donors (Lipinski definition) is 0. The lowest BCUT2D eigenvalue weighted by atomic mass is 10.1. The number of rotatable bonds is 8. The summed E-state index contributed by atoms with van der Waals surface area (Å²) >= 11 is 0. The van der Waals surface area contributed by atoms with Crippen molar-refractivity contribution in [1.82, 2.24) is 4.90 Å². The molecule has 0 aliphatic heterocycles. The van der Waals surface area contributed by atoms with Crippen molar-refractivity contribution < 1.29 is 0 Å². The van der Waals surface area contributed by atoms with Crippen LogP contribution in [-0.4, -0.2) is 4.90 Å². The van der Waals surface area contributed by atoms with Crippen LogP contribution in [0.15, 0.2) is 102 Å². The summed E-state index contributed by atoms with van der Waals surface area (Å²) in [6, 6.07) is 2.22. The van der Waals surface area contributed by atoms with Crippen LogP contribution in [0, 0.1) is 11.3 Å². The number of nitriles is 1. The van der Waals surface area contributed by atoms with Gasteiger partial charge in [0.2, 0.25) is 0 Å². The van der Waals surface area contributed by atoms with Crippen LogP contribution in [0.5, 0.6) is 0 Å². The number of allylic oxidation sites excluding steroid dienone is 10. The maximum Gasteiger partial charge on any atom is 0.0666 e. The molecule has 1 aliphatic carbocycles. The minimum atomic E-state index is 0.379. The van der Waals surface area contributed by atoms with Gasteiger partial charge in [-0.1, -0.05) is 56.5 Å². The SMILES string of the molecule is C=C/C=C(\C=C/CC)C(=C)N(C1=CC=CC=C=C1)/C(C)=C(\C)CC#N. The highest BCUT2D eigenvalue weighted by molar-refractivity contribution is 5.46. The summed E-state index contributed by atoms with van der Waals surface area (Å²) in [5.74, 6) is 0. The van der Waals surface area contributed by atoms with Crippen LogP contribution in [0.3, 0.4) is 0 Å². The van der Waals surface area contributed by atoms with E-state index in [1.54, 1.807) is 6.08 Å². The highest BCUT2D eigenvalue weighted by Gasteiger charge is 2.17. The third-order valence-corrected chi connectivity index (χ3v) is 3.79. The summed E-state index contributed by atoms with van der Waals surface area (Å²) in [7, 11) is 0. The van der Waals surface area contributed by atoms with Crippen molar-refractivity contribution in [1.29, 1.82) is 5.26 Å². The summed E-state index contributed by atoms with van der Waals surface area (Å²) in [5, 5.41) is 9.06. The Balaban J connectivity index is 3.48. The Morgan fingerprint density at radius 3 is 2.76 bits per heavy atom. The zero-order chi connectivity index (χ0) is 18.7. The van der Waals surface area contributed by atoms with Crippen molar-refractivity contribution >= 4 is 0 Å². The van der Waals surface area contributed by atoms with Gasteiger partial charge in [-0.3, -0.25) is 0 Å². The zero-order valence-corrected chi connectivity index (χ0v) is 15.4. The fourth-order valence-corrected chi connectivity index (χ4v) is 2.32. The van der Waals surface area contributed by atoms with E-state index >= 15 is 0 Å². The molecule has 25 heavy (non-hydrogen) atoms. The first-order valence-electron chi connectivity index (χ1n) is 8.38. The maximum atomic E-state index is 9.06. The lowest BCUT2D eigenvalue weighted by Gasteiger charge is -2.30. The number of hydrogen-bond acceptors (Lipinski definition) is 2. The molecule has 0 N–H and O–H groups in total. The van der Waals surface area contributed by atoms with E-state index in [0.29, 0.717) is 6.42 Å². The monoisotopic (exact) mass is 330 g/mol. The van der Waals surface area contributed by atoms with Gasteiger partial charge in [0, 0.05) is 17.5 Å². The Labute approximate surface area is 152 Å². The van der Waals surface area contributed by atoms with E-state index in [-0.39, 0.29) is 0 Å². The van der Waals surface area contributed by atoms with Crippen molar-refractivity contribution in [3.05, 3.63) is 102 Å². The minimum Gasteiger partial charge on any atom is -0.314 e. The summed E-state index contributed by atoms with van der Waals surface area (Å²) in [6.07, 6.45) is 18.9. The van der Waals surface area contributed by atoms with Crippen molar-refractivity contribution in [3.8, 4) is 6.07 Å². The molecule has 0 aromatic heterocycles. The first-order valence-corrected chi connectivity index (χ1v) is 8.38. The lowest BCUT2D eigenvalue weighted by Crippen LogP contribution is -2.21. The summed E-state index contributed by atoms with van der Waals surface area (Å²) < 4.78 is 0. The molecule has 0 saturated carbocycles. The Bertz CT molecular complexity index is 767. The molecule has 0 atom stereocenters. The minimum absolute atomic E-state index is 0.379. The van der Waals surface area contributed by atoms with Crippen molar-refractivity contribution in [2.45, 2.75) is 33.6 Å². The first-order chi connectivity index (χ1) is 12.1. The highest BCUT2D eigenvalue weighted by atomic mass is 15.2. The average molecular weight is 330 g/mol. The first kappa shape index (κ1) is 20.0. The lowest BCUT2D eigenvalue weighted by molar-refractivity contribution is 0.548. The largest absolute Gasteiger partial charge is 0.314 e. The van der Waals surface area contributed by atoms with Crippen LogP contribution in [0.25, 0.3) is 0 Å². The zero-order valence-electron chi connectivity index (χ0n) is 15.4.